The average Bonchev–Trinajstić information content (AvgIpc) is 3.30. The highest BCUT2D eigenvalue weighted by Crippen LogP contribution is 2.20. The number of amides is 2. The number of aromatic nitrogens is 1. The van der Waals surface area contributed by atoms with E-state index in [-0.39, 0.29) is 6.03 Å². The van der Waals surface area contributed by atoms with E-state index in [1.807, 2.05) is 12.1 Å². The van der Waals surface area contributed by atoms with E-state index in [2.05, 4.69) is 56.6 Å². The number of likely N-dealkylation sites (tertiary alicyclic amines) is 1. The lowest BCUT2D eigenvalue weighted by Gasteiger charge is -2.30. The normalized spacial score (nSPS) is 17.8. The van der Waals surface area contributed by atoms with Gasteiger partial charge in [-0.15, -0.1) is 0 Å². The lowest BCUT2D eigenvalue weighted by molar-refractivity contribution is 0.185. The van der Waals surface area contributed by atoms with Gasteiger partial charge in [0.15, 0.2) is 0 Å². The van der Waals surface area contributed by atoms with Crippen LogP contribution in [-0.2, 0) is 13.1 Å². The summed E-state index contributed by atoms with van der Waals surface area (Å²) in [4.78, 5) is 21.6. The molecule has 2 aliphatic rings. The molecule has 1 aromatic heterocycles. The van der Waals surface area contributed by atoms with Crippen molar-refractivity contribution >= 4 is 17.5 Å². The Morgan fingerprint density at radius 1 is 1.07 bits per heavy atom. The molecule has 3 heterocycles. The third-order valence-electron chi connectivity index (χ3n) is 6.16. The number of carbonyl (C=O) groups is 1. The zero-order chi connectivity index (χ0) is 20.8. The molecule has 0 aliphatic carbocycles. The van der Waals surface area contributed by atoms with E-state index in [4.69, 9.17) is 0 Å². The summed E-state index contributed by atoms with van der Waals surface area (Å²) in [6.45, 7) is 8.32. The van der Waals surface area contributed by atoms with Gasteiger partial charge in [0.05, 0.1) is 11.9 Å². The van der Waals surface area contributed by atoms with Gasteiger partial charge in [-0.3, -0.25) is 4.90 Å². The number of hydrogen-bond acceptors (Lipinski definition) is 4. The number of nitrogens with zero attached hydrogens (tertiary/aromatic N) is 3. The molecule has 6 heteroatoms. The maximum atomic E-state index is 12.3. The lowest BCUT2D eigenvalue weighted by atomic mass is 9.98. The van der Waals surface area contributed by atoms with Crippen molar-refractivity contribution in [1.82, 2.24) is 15.2 Å². The van der Waals surface area contributed by atoms with Crippen LogP contribution in [0.1, 0.15) is 43.7 Å². The Hall–Kier alpha value is -2.60. The monoisotopic (exact) mass is 407 g/mol. The zero-order valence-corrected chi connectivity index (χ0v) is 17.9. The van der Waals surface area contributed by atoms with Crippen molar-refractivity contribution in [3.05, 3.63) is 53.7 Å². The SMILES string of the molecule is CC1CCN(Cc2cccc(CNC(=O)Nc3ccc(N4CCCC4)nc3)c2)CC1. The average molecular weight is 408 g/mol. The predicted octanol–water partition coefficient (Wildman–Crippen LogP) is 4.24. The molecule has 2 aromatic rings. The number of rotatable bonds is 6. The van der Waals surface area contributed by atoms with Gasteiger partial charge in [0.1, 0.15) is 5.82 Å². The van der Waals surface area contributed by atoms with Crippen LogP contribution in [0.15, 0.2) is 42.6 Å². The fraction of sp³-hybridized carbons (Fsp3) is 0.500. The van der Waals surface area contributed by atoms with Crippen LogP contribution in [0.25, 0.3) is 0 Å². The van der Waals surface area contributed by atoms with Gasteiger partial charge in [-0.25, -0.2) is 9.78 Å². The number of benzene rings is 1. The molecule has 0 saturated carbocycles. The Morgan fingerprint density at radius 2 is 1.83 bits per heavy atom. The number of anilines is 2. The highest BCUT2D eigenvalue weighted by atomic mass is 16.2. The molecule has 30 heavy (non-hydrogen) atoms. The van der Waals surface area contributed by atoms with E-state index in [9.17, 15) is 4.79 Å². The molecule has 2 saturated heterocycles. The molecule has 0 unspecified atom stereocenters. The molecular formula is C24H33N5O. The number of carbonyl (C=O) groups excluding carboxylic acids is 1. The third kappa shape index (κ3) is 5.72. The van der Waals surface area contributed by atoms with Crippen molar-refractivity contribution in [2.75, 3.05) is 36.4 Å². The molecule has 2 N–H and O–H groups in total. The highest BCUT2D eigenvalue weighted by Gasteiger charge is 2.16. The molecule has 6 nitrogen and oxygen atoms in total. The Labute approximate surface area is 179 Å². The van der Waals surface area contributed by atoms with Crippen molar-refractivity contribution in [1.29, 1.82) is 0 Å². The van der Waals surface area contributed by atoms with Crippen LogP contribution in [0.3, 0.4) is 0 Å². The number of urea groups is 1. The molecule has 0 spiro atoms. The number of nitrogens with one attached hydrogen (secondary N) is 2. The van der Waals surface area contributed by atoms with Crippen LogP contribution in [0.2, 0.25) is 0 Å². The number of pyridine rings is 1. The van der Waals surface area contributed by atoms with E-state index in [0.717, 1.165) is 36.9 Å². The molecule has 2 amide bonds. The summed E-state index contributed by atoms with van der Waals surface area (Å²) >= 11 is 0. The Kier molecular flexibility index (Phi) is 6.84. The van der Waals surface area contributed by atoms with Gasteiger partial charge >= 0.3 is 6.03 Å². The first-order valence-electron chi connectivity index (χ1n) is 11.2. The topological polar surface area (TPSA) is 60.5 Å². The van der Waals surface area contributed by atoms with Gasteiger partial charge in [0, 0.05) is 26.2 Å². The highest BCUT2D eigenvalue weighted by molar-refractivity contribution is 5.89. The summed E-state index contributed by atoms with van der Waals surface area (Å²) in [5.41, 5.74) is 3.14. The predicted molar refractivity (Wildman–Crippen MR) is 122 cm³/mol. The van der Waals surface area contributed by atoms with Gasteiger partial charge < -0.3 is 15.5 Å². The molecule has 1 aromatic carbocycles. The van der Waals surface area contributed by atoms with Gasteiger partial charge in [0.25, 0.3) is 0 Å². The summed E-state index contributed by atoms with van der Waals surface area (Å²) in [6, 6.07) is 12.2. The van der Waals surface area contributed by atoms with Gasteiger partial charge in [0.2, 0.25) is 0 Å². The largest absolute Gasteiger partial charge is 0.357 e. The smallest absolute Gasteiger partial charge is 0.319 e. The van der Waals surface area contributed by atoms with Crippen LogP contribution >= 0.6 is 0 Å². The minimum atomic E-state index is -0.207. The first-order chi connectivity index (χ1) is 14.7. The van der Waals surface area contributed by atoms with E-state index in [1.54, 1.807) is 6.20 Å². The van der Waals surface area contributed by atoms with Gasteiger partial charge in [-0.1, -0.05) is 31.2 Å². The quantitative estimate of drug-likeness (QED) is 0.752. The molecule has 160 valence electrons. The van der Waals surface area contributed by atoms with Crippen LogP contribution in [0.4, 0.5) is 16.3 Å². The van der Waals surface area contributed by atoms with Gasteiger partial charge in [-0.05, 0) is 68.0 Å². The second-order valence-corrected chi connectivity index (χ2v) is 8.69. The molecule has 0 radical (unpaired) electrons. The Morgan fingerprint density at radius 3 is 2.57 bits per heavy atom. The molecule has 2 fully saturated rings. The lowest BCUT2D eigenvalue weighted by Crippen LogP contribution is -2.32. The van der Waals surface area contributed by atoms with Crippen molar-refractivity contribution in [3.63, 3.8) is 0 Å². The maximum Gasteiger partial charge on any atom is 0.319 e. The fourth-order valence-corrected chi connectivity index (χ4v) is 4.27. The van der Waals surface area contributed by atoms with Crippen molar-refractivity contribution < 1.29 is 4.79 Å². The van der Waals surface area contributed by atoms with Crippen LogP contribution < -0.4 is 15.5 Å². The molecular weight excluding hydrogens is 374 g/mol. The van der Waals surface area contributed by atoms with Crippen LogP contribution in [-0.4, -0.2) is 42.1 Å². The summed E-state index contributed by atoms with van der Waals surface area (Å²) < 4.78 is 0. The minimum Gasteiger partial charge on any atom is -0.357 e. The third-order valence-corrected chi connectivity index (χ3v) is 6.16. The molecule has 4 rings (SSSR count). The first-order valence-corrected chi connectivity index (χ1v) is 11.2. The second-order valence-electron chi connectivity index (χ2n) is 8.69. The van der Waals surface area contributed by atoms with Crippen LogP contribution in [0.5, 0.6) is 0 Å². The van der Waals surface area contributed by atoms with Gasteiger partial charge in [-0.2, -0.15) is 0 Å². The fourth-order valence-electron chi connectivity index (χ4n) is 4.27. The number of hydrogen-bond donors (Lipinski definition) is 2. The Balaban J connectivity index is 1.24. The van der Waals surface area contributed by atoms with Crippen molar-refractivity contribution in [2.45, 2.75) is 45.7 Å². The number of piperidine rings is 1. The second kappa shape index (κ2) is 9.94. The summed E-state index contributed by atoms with van der Waals surface area (Å²) in [7, 11) is 0. The molecule has 2 aliphatic heterocycles. The first kappa shape index (κ1) is 20.7. The van der Waals surface area contributed by atoms with E-state index in [0.29, 0.717) is 12.2 Å². The maximum absolute atomic E-state index is 12.3. The molecule has 0 bridgehead atoms. The Bertz CT molecular complexity index is 824. The van der Waals surface area contributed by atoms with Crippen molar-refractivity contribution in [2.24, 2.45) is 5.92 Å². The summed E-state index contributed by atoms with van der Waals surface area (Å²) in [5, 5.41) is 5.83. The van der Waals surface area contributed by atoms with E-state index < -0.39 is 0 Å². The minimum absolute atomic E-state index is 0.207. The van der Waals surface area contributed by atoms with E-state index >= 15 is 0 Å². The molecule has 0 atom stereocenters. The van der Waals surface area contributed by atoms with E-state index in [1.165, 1.54) is 44.3 Å². The standard InChI is InChI=1S/C24H33N5O/c1-19-9-13-28(14-10-19)18-21-6-4-5-20(15-21)16-26-24(30)27-22-7-8-23(25-17-22)29-11-2-3-12-29/h4-8,15,17,19H,2-3,9-14,16,18H2,1H3,(H2,26,27,30). The zero-order valence-electron chi connectivity index (χ0n) is 17.9. The van der Waals surface area contributed by atoms with Crippen LogP contribution in [0, 0.1) is 5.92 Å². The van der Waals surface area contributed by atoms with Crippen molar-refractivity contribution in [3.8, 4) is 0 Å². The summed E-state index contributed by atoms with van der Waals surface area (Å²) in [5.74, 6) is 1.83. The summed E-state index contributed by atoms with van der Waals surface area (Å²) in [6.07, 6.45) is 6.75.